The molecule has 0 bridgehead atoms. The van der Waals surface area contributed by atoms with E-state index in [1.54, 1.807) is 0 Å². The third-order valence-electron chi connectivity index (χ3n) is 3.46. The SMILES string of the molecule is C=C(NC)C1=CC(C=O)=CC(Cc2ccccc2)N1.CCNC. The highest BCUT2D eigenvalue weighted by molar-refractivity contribution is 5.79. The molecule has 0 aliphatic carbocycles. The van der Waals surface area contributed by atoms with Crippen molar-refractivity contribution in [3.05, 3.63) is 71.6 Å². The van der Waals surface area contributed by atoms with Gasteiger partial charge in [-0.15, -0.1) is 0 Å². The van der Waals surface area contributed by atoms with Crippen LogP contribution in [0.15, 0.2) is 66.0 Å². The van der Waals surface area contributed by atoms with Crippen molar-refractivity contribution in [2.24, 2.45) is 0 Å². The molecule has 1 unspecified atom stereocenters. The van der Waals surface area contributed by atoms with Crippen LogP contribution in [0.3, 0.4) is 0 Å². The quantitative estimate of drug-likeness (QED) is 0.705. The highest BCUT2D eigenvalue weighted by Gasteiger charge is 2.15. The van der Waals surface area contributed by atoms with Crippen LogP contribution in [0, 0.1) is 0 Å². The summed E-state index contributed by atoms with van der Waals surface area (Å²) in [6, 6.07) is 10.3. The lowest BCUT2D eigenvalue weighted by Crippen LogP contribution is -2.34. The number of allylic oxidation sites excluding steroid dienone is 2. The minimum Gasteiger partial charge on any atom is -0.387 e. The molecule has 4 nitrogen and oxygen atoms in total. The van der Waals surface area contributed by atoms with E-state index in [9.17, 15) is 4.79 Å². The van der Waals surface area contributed by atoms with Gasteiger partial charge < -0.3 is 16.0 Å². The zero-order valence-corrected chi connectivity index (χ0v) is 14.2. The molecule has 1 atom stereocenters. The number of benzene rings is 1. The van der Waals surface area contributed by atoms with Crippen molar-refractivity contribution in [1.82, 2.24) is 16.0 Å². The van der Waals surface area contributed by atoms with E-state index < -0.39 is 0 Å². The lowest BCUT2D eigenvalue weighted by Gasteiger charge is -2.24. The third kappa shape index (κ3) is 6.53. The fourth-order valence-electron chi connectivity index (χ4n) is 2.09. The molecule has 0 saturated heterocycles. The maximum atomic E-state index is 11.0. The van der Waals surface area contributed by atoms with Crippen LogP contribution in [0.5, 0.6) is 0 Å². The van der Waals surface area contributed by atoms with Crippen LogP contribution in [0.4, 0.5) is 0 Å². The summed E-state index contributed by atoms with van der Waals surface area (Å²) in [5, 5.41) is 9.31. The molecule has 1 heterocycles. The third-order valence-corrected chi connectivity index (χ3v) is 3.46. The monoisotopic (exact) mass is 313 g/mol. The minimum atomic E-state index is 0.104. The summed E-state index contributed by atoms with van der Waals surface area (Å²) in [5.41, 5.74) is 3.57. The van der Waals surface area contributed by atoms with Gasteiger partial charge in [0.05, 0.1) is 11.4 Å². The average molecular weight is 313 g/mol. The molecule has 0 fully saturated rings. The lowest BCUT2D eigenvalue weighted by molar-refractivity contribution is -0.104. The van der Waals surface area contributed by atoms with Crippen LogP contribution < -0.4 is 16.0 Å². The van der Waals surface area contributed by atoms with Crippen molar-refractivity contribution in [1.29, 1.82) is 0 Å². The first-order valence-electron chi connectivity index (χ1n) is 7.85. The van der Waals surface area contributed by atoms with E-state index in [2.05, 4.69) is 41.6 Å². The van der Waals surface area contributed by atoms with E-state index in [1.165, 1.54) is 5.56 Å². The Morgan fingerprint density at radius 3 is 2.48 bits per heavy atom. The first-order chi connectivity index (χ1) is 11.1. The van der Waals surface area contributed by atoms with Crippen molar-refractivity contribution in [2.45, 2.75) is 19.4 Å². The molecule has 1 aromatic carbocycles. The lowest BCUT2D eigenvalue weighted by atomic mass is 9.99. The van der Waals surface area contributed by atoms with Crippen LogP contribution in [0.25, 0.3) is 0 Å². The largest absolute Gasteiger partial charge is 0.387 e. The maximum absolute atomic E-state index is 11.0. The Kier molecular flexibility index (Phi) is 8.47. The van der Waals surface area contributed by atoms with Gasteiger partial charge in [0.1, 0.15) is 6.29 Å². The standard InChI is InChI=1S/C16H18N2O.C3H9N/c1-12(17-2)16-10-14(11-19)9-15(18-16)8-13-6-4-3-5-7-13;1-3-4-2/h3-7,9-11,15,17-18H,1,8H2,2H3;4H,3H2,1-2H3. The van der Waals surface area contributed by atoms with E-state index >= 15 is 0 Å². The van der Waals surface area contributed by atoms with Gasteiger partial charge in [-0.25, -0.2) is 0 Å². The Morgan fingerprint density at radius 1 is 1.30 bits per heavy atom. The molecule has 1 aliphatic heterocycles. The summed E-state index contributed by atoms with van der Waals surface area (Å²) in [6.07, 6.45) is 5.48. The number of hydrogen-bond acceptors (Lipinski definition) is 4. The van der Waals surface area contributed by atoms with Gasteiger partial charge in [-0.3, -0.25) is 4.79 Å². The van der Waals surface area contributed by atoms with Gasteiger partial charge in [0, 0.05) is 18.7 Å². The number of nitrogens with one attached hydrogen (secondary N) is 3. The number of dihydropyridines is 1. The van der Waals surface area contributed by atoms with Gasteiger partial charge in [0.15, 0.2) is 0 Å². The normalized spacial score (nSPS) is 16.0. The van der Waals surface area contributed by atoms with Crippen LogP contribution in [-0.2, 0) is 11.2 Å². The highest BCUT2D eigenvalue weighted by atomic mass is 16.1. The van der Waals surface area contributed by atoms with Gasteiger partial charge in [-0.1, -0.05) is 49.9 Å². The molecule has 2 rings (SSSR count). The predicted molar refractivity (Wildman–Crippen MR) is 97.1 cm³/mol. The number of hydrogen-bond donors (Lipinski definition) is 3. The average Bonchev–Trinajstić information content (AvgIpc) is 2.61. The Bertz CT molecular complexity index is 559. The van der Waals surface area contributed by atoms with E-state index in [-0.39, 0.29) is 6.04 Å². The molecular weight excluding hydrogens is 286 g/mol. The van der Waals surface area contributed by atoms with Crippen LogP contribution in [-0.4, -0.2) is 33.0 Å². The number of carbonyl (C=O) groups excluding carboxylic acids is 1. The van der Waals surface area contributed by atoms with Crippen molar-refractivity contribution in [3.8, 4) is 0 Å². The summed E-state index contributed by atoms with van der Waals surface area (Å²) < 4.78 is 0. The van der Waals surface area contributed by atoms with Gasteiger partial charge in [0.2, 0.25) is 0 Å². The molecule has 1 aromatic rings. The van der Waals surface area contributed by atoms with Crippen molar-refractivity contribution < 1.29 is 4.79 Å². The van der Waals surface area contributed by atoms with Crippen molar-refractivity contribution in [3.63, 3.8) is 0 Å². The van der Waals surface area contributed by atoms with Crippen LogP contribution in [0.2, 0.25) is 0 Å². The molecule has 0 radical (unpaired) electrons. The fraction of sp³-hybridized carbons (Fsp3) is 0.316. The maximum Gasteiger partial charge on any atom is 0.149 e. The minimum absolute atomic E-state index is 0.104. The number of aldehydes is 1. The first-order valence-corrected chi connectivity index (χ1v) is 7.85. The highest BCUT2D eigenvalue weighted by Crippen LogP contribution is 2.15. The zero-order chi connectivity index (χ0) is 17.1. The molecule has 3 N–H and O–H groups in total. The van der Waals surface area contributed by atoms with Crippen LogP contribution >= 0.6 is 0 Å². The Labute approximate surface area is 139 Å². The first kappa shape index (κ1) is 18.7. The van der Waals surface area contributed by atoms with E-state index in [0.29, 0.717) is 5.57 Å². The Morgan fingerprint density at radius 2 is 1.96 bits per heavy atom. The van der Waals surface area contributed by atoms with Gasteiger partial charge in [-0.05, 0) is 31.7 Å². The smallest absolute Gasteiger partial charge is 0.149 e. The van der Waals surface area contributed by atoms with Crippen LogP contribution in [0.1, 0.15) is 12.5 Å². The molecule has 23 heavy (non-hydrogen) atoms. The second kappa shape index (κ2) is 10.4. The molecule has 124 valence electrons. The topological polar surface area (TPSA) is 53.2 Å². The second-order valence-corrected chi connectivity index (χ2v) is 5.22. The van der Waals surface area contributed by atoms with Gasteiger partial charge >= 0.3 is 0 Å². The summed E-state index contributed by atoms with van der Waals surface area (Å²) in [4.78, 5) is 11.0. The van der Waals surface area contributed by atoms with Crippen molar-refractivity contribution in [2.75, 3.05) is 20.6 Å². The van der Waals surface area contributed by atoms with E-state index in [1.807, 2.05) is 44.4 Å². The Hall–Kier alpha value is -2.33. The fourth-order valence-corrected chi connectivity index (χ4v) is 2.09. The van der Waals surface area contributed by atoms with Crippen molar-refractivity contribution >= 4 is 6.29 Å². The van der Waals surface area contributed by atoms with E-state index in [0.717, 1.165) is 30.6 Å². The summed E-state index contributed by atoms with van der Waals surface area (Å²) in [5.74, 6) is 0. The summed E-state index contributed by atoms with van der Waals surface area (Å²) in [7, 11) is 3.75. The zero-order valence-electron chi connectivity index (χ0n) is 14.2. The number of carbonyl (C=O) groups is 1. The van der Waals surface area contributed by atoms with Gasteiger partial charge in [0.25, 0.3) is 0 Å². The Balaban J connectivity index is 0.000000593. The molecule has 1 aliphatic rings. The summed E-state index contributed by atoms with van der Waals surface area (Å²) in [6.45, 7) is 7.06. The molecule has 0 aromatic heterocycles. The number of likely N-dealkylation sites (N-methyl/N-ethyl adjacent to an activating group) is 1. The second-order valence-electron chi connectivity index (χ2n) is 5.22. The molecule has 4 heteroatoms. The molecular formula is C19H27N3O. The van der Waals surface area contributed by atoms with E-state index in [4.69, 9.17) is 0 Å². The summed E-state index contributed by atoms with van der Waals surface area (Å²) >= 11 is 0. The molecule has 0 saturated carbocycles. The molecule has 0 spiro atoms. The molecule has 0 amide bonds. The number of rotatable bonds is 6. The predicted octanol–water partition coefficient (Wildman–Crippen LogP) is 2.17. The van der Waals surface area contributed by atoms with Gasteiger partial charge in [-0.2, -0.15) is 0 Å².